The minimum atomic E-state index is 0.114. The molecular weight excluding hydrogens is 200 g/mol. The predicted molar refractivity (Wildman–Crippen MR) is 65.1 cm³/mol. The number of carbonyl (C=O) groups excluding carboxylic acids is 1. The van der Waals surface area contributed by atoms with Crippen LogP contribution in [0.25, 0.3) is 0 Å². The molecule has 0 radical (unpaired) electrons. The lowest BCUT2D eigenvalue weighted by molar-refractivity contribution is -0.124. The number of rotatable bonds is 3. The van der Waals surface area contributed by atoms with Gasteiger partial charge in [0.05, 0.1) is 0 Å². The van der Waals surface area contributed by atoms with Gasteiger partial charge in [0, 0.05) is 24.5 Å². The molecule has 0 aliphatic carbocycles. The SMILES string of the molecule is CC(C)C(=O)NCC1CC2CCC(C1)N2C. The van der Waals surface area contributed by atoms with E-state index in [1.165, 1.54) is 25.7 Å². The number of nitrogens with zero attached hydrogens (tertiary/aromatic N) is 1. The molecule has 2 rings (SSSR count). The van der Waals surface area contributed by atoms with Crippen molar-refractivity contribution in [3.05, 3.63) is 0 Å². The summed E-state index contributed by atoms with van der Waals surface area (Å²) in [6.07, 6.45) is 5.25. The summed E-state index contributed by atoms with van der Waals surface area (Å²) in [7, 11) is 2.26. The fraction of sp³-hybridized carbons (Fsp3) is 0.923. The molecule has 2 atom stereocenters. The van der Waals surface area contributed by atoms with Crippen molar-refractivity contribution in [3.63, 3.8) is 0 Å². The molecule has 2 heterocycles. The fourth-order valence-corrected chi connectivity index (χ4v) is 3.14. The Kier molecular flexibility index (Phi) is 3.53. The molecule has 3 nitrogen and oxygen atoms in total. The molecule has 0 aromatic rings. The third-order valence-corrected chi connectivity index (χ3v) is 4.29. The van der Waals surface area contributed by atoms with Gasteiger partial charge in [-0.3, -0.25) is 4.79 Å². The van der Waals surface area contributed by atoms with Crippen molar-refractivity contribution < 1.29 is 4.79 Å². The van der Waals surface area contributed by atoms with Crippen LogP contribution in [0.3, 0.4) is 0 Å². The van der Waals surface area contributed by atoms with Gasteiger partial charge in [0.25, 0.3) is 0 Å². The molecule has 0 aromatic carbocycles. The van der Waals surface area contributed by atoms with E-state index in [0.717, 1.165) is 18.6 Å². The van der Waals surface area contributed by atoms with Gasteiger partial charge in [0.1, 0.15) is 0 Å². The van der Waals surface area contributed by atoms with E-state index in [1.807, 2.05) is 13.8 Å². The Morgan fingerprint density at radius 2 is 1.88 bits per heavy atom. The lowest BCUT2D eigenvalue weighted by Crippen LogP contribution is -2.43. The van der Waals surface area contributed by atoms with Gasteiger partial charge in [-0.2, -0.15) is 0 Å². The summed E-state index contributed by atoms with van der Waals surface area (Å²) < 4.78 is 0. The Balaban J connectivity index is 1.78. The lowest BCUT2D eigenvalue weighted by Gasteiger charge is -2.36. The van der Waals surface area contributed by atoms with Crippen LogP contribution in [0, 0.1) is 11.8 Å². The summed E-state index contributed by atoms with van der Waals surface area (Å²) in [5, 5.41) is 3.08. The molecule has 16 heavy (non-hydrogen) atoms. The highest BCUT2D eigenvalue weighted by Gasteiger charge is 2.38. The van der Waals surface area contributed by atoms with Crippen LogP contribution >= 0.6 is 0 Å². The maximum atomic E-state index is 11.5. The Morgan fingerprint density at radius 1 is 1.31 bits per heavy atom. The topological polar surface area (TPSA) is 32.3 Å². The van der Waals surface area contributed by atoms with Crippen molar-refractivity contribution >= 4 is 5.91 Å². The third-order valence-electron chi connectivity index (χ3n) is 4.29. The van der Waals surface area contributed by atoms with Gasteiger partial charge in [-0.15, -0.1) is 0 Å². The summed E-state index contributed by atoms with van der Waals surface area (Å²) in [5.74, 6) is 1.02. The zero-order chi connectivity index (χ0) is 11.7. The first kappa shape index (κ1) is 11.9. The largest absolute Gasteiger partial charge is 0.356 e. The molecule has 2 bridgehead atoms. The highest BCUT2D eigenvalue weighted by atomic mass is 16.1. The van der Waals surface area contributed by atoms with Crippen LogP contribution in [0.4, 0.5) is 0 Å². The van der Waals surface area contributed by atoms with E-state index >= 15 is 0 Å². The van der Waals surface area contributed by atoms with E-state index < -0.39 is 0 Å². The number of carbonyl (C=O) groups is 1. The molecule has 2 unspecified atom stereocenters. The minimum Gasteiger partial charge on any atom is -0.356 e. The van der Waals surface area contributed by atoms with E-state index in [9.17, 15) is 4.79 Å². The van der Waals surface area contributed by atoms with Crippen LogP contribution in [0.15, 0.2) is 0 Å². The van der Waals surface area contributed by atoms with Crippen molar-refractivity contribution in [1.82, 2.24) is 10.2 Å². The van der Waals surface area contributed by atoms with Crippen LogP contribution in [0.5, 0.6) is 0 Å². The summed E-state index contributed by atoms with van der Waals surface area (Å²) in [5.41, 5.74) is 0. The molecule has 2 aliphatic rings. The Hall–Kier alpha value is -0.570. The second kappa shape index (κ2) is 4.74. The number of fused-ring (bicyclic) bond motifs is 2. The van der Waals surface area contributed by atoms with Crippen molar-refractivity contribution in [2.45, 2.75) is 51.6 Å². The maximum Gasteiger partial charge on any atom is 0.222 e. The van der Waals surface area contributed by atoms with E-state index in [4.69, 9.17) is 0 Å². The average molecular weight is 224 g/mol. The second-order valence-electron chi connectivity index (χ2n) is 5.79. The minimum absolute atomic E-state index is 0.114. The van der Waals surface area contributed by atoms with Gasteiger partial charge in [-0.05, 0) is 38.6 Å². The monoisotopic (exact) mass is 224 g/mol. The van der Waals surface area contributed by atoms with Crippen molar-refractivity contribution in [2.75, 3.05) is 13.6 Å². The van der Waals surface area contributed by atoms with E-state index in [-0.39, 0.29) is 11.8 Å². The summed E-state index contributed by atoms with van der Waals surface area (Å²) in [4.78, 5) is 14.0. The first-order valence-corrected chi connectivity index (χ1v) is 6.57. The highest BCUT2D eigenvalue weighted by Crippen LogP contribution is 2.36. The molecule has 3 heteroatoms. The summed E-state index contributed by atoms with van der Waals surface area (Å²) >= 11 is 0. The molecular formula is C13H24N2O. The molecule has 2 saturated heterocycles. The van der Waals surface area contributed by atoms with Gasteiger partial charge in [0.15, 0.2) is 0 Å². The molecule has 2 aliphatic heterocycles. The average Bonchev–Trinajstić information content (AvgIpc) is 2.51. The fourth-order valence-electron chi connectivity index (χ4n) is 3.14. The molecule has 0 aromatic heterocycles. The number of amides is 1. The van der Waals surface area contributed by atoms with Crippen LogP contribution in [0.1, 0.15) is 39.5 Å². The Morgan fingerprint density at radius 3 is 2.38 bits per heavy atom. The van der Waals surface area contributed by atoms with E-state index in [2.05, 4.69) is 17.3 Å². The van der Waals surface area contributed by atoms with Gasteiger partial charge < -0.3 is 10.2 Å². The third kappa shape index (κ3) is 2.40. The second-order valence-corrected chi connectivity index (χ2v) is 5.79. The Labute approximate surface area is 98.6 Å². The van der Waals surface area contributed by atoms with Crippen molar-refractivity contribution in [3.8, 4) is 0 Å². The zero-order valence-electron chi connectivity index (χ0n) is 10.7. The van der Waals surface area contributed by atoms with Gasteiger partial charge >= 0.3 is 0 Å². The maximum absolute atomic E-state index is 11.5. The van der Waals surface area contributed by atoms with Crippen LogP contribution < -0.4 is 5.32 Å². The number of hydrogen-bond donors (Lipinski definition) is 1. The molecule has 2 fully saturated rings. The molecule has 1 amide bonds. The zero-order valence-corrected chi connectivity index (χ0v) is 10.7. The first-order valence-electron chi connectivity index (χ1n) is 6.57. The van der Waals surface area contributed by atoms with Crippen LogP contribution in [-0.4, -0.2) is 36.5 Å². The van der Waals surface area contributed by atoms with Crippen LogP contribution in [-0.2, 0) is 4.79 Å². The van der Waals surface area contributed by atoms with Crippen LogP contribution in [0.2, 0.25) is 0 Å². The lowest BCUT2D eigenvalue weighted by atomic mass is 9.91. The summed E-state index contributed by atoms with van der Waals surface area (Å²) in [6.45, 7) is 4.79. The van der Waals surface area contributed by atoms with Gasteiger partial charge in [-0.1, -0.05) is 13.8 Å². The quantitative estimate of drug-likeness (QED) is 0.790. The number of piperidine rings is 1. The molecule has 92 valence electrons. The molecule has 0 saturated carbocycles. The molecule has 1 N–H and O–H groups in total. The van der Waals surface area contributed by atoms with Crippen molar-refractivity contribution in [2.24, 2.45) is 11.8 Å². The number of nitrogens with one attached hydrogen (secondary N) is 1. The predicted octanol–water partition coefficient (Wildman–Crippen LogP) is 1.63. The first-order chi connectivity index (χ1) is 7.58. The highest BCUT2D eigenvalue weighted by molar-refractivity contribution is 5.77. The van der Waals surface area contributed by atoms with Crippen molar-refractivity contribution in [1.29, 1.82) is 0 Å². The van der Waals surface area contributed by atoms with E-state index in [0.29, 0.717) is 5.92 Å². The number of hydrogen-bond acceptors (Lipinski definition) is 2. The van der Waals surface area contributed by atoms with E-state index in [1.54, 1.807) is 0 Å². The summed E-state index contributed by atoms with van der Waals surface area (Å²) in [6, 6.07) is 1.56. The Bertz CT molecular complexity index is 251. The van der Waals surface area contributed by atoms with Gasteiger partial charge in [-0.25, -0.2) is 0 Å². The standard InChI is InChI=1S/C13H24N2O/c1-9(2)13(16)14-8-10-6-11-4-5-12(7-10)15(11)3/h9-12H,4-8H2,1-3H3,(H,14,16). The smallest absolute Gasteiger partial charge is 0.222 e. The van der Waals surface area contributed by atoms with Gasteiger partial charge in [0.2, 0.25) is 5.91 Å². The molecule has 0 spiro atoms. The normalized spacial score (nSPS) is 34.4.